The number of rotatable bonds is 4. The molecule has 0 radical (unpaired) electrons. The second-order valence-electron chi connectivity index (χ2n) is 4.58. The Kier molecular flexibility index (Phi) is 5.34. The van der Waals surface area contributed by atoms with Gasteiger partial charge in [-0.15, -0.1) is 0 Å². The molecule has 3 N–H and O–H groups in total. The van der Waals surface area contributed by atoms with Crippen LogP contribution in [-0.4, -0.2) is 24.0 Å². The van der Waals surface area contributed by atoms with Gasteiger partial charge in [0.15, 0.2) is 6.10 Å². The lowest BCUT2D eigenvalue weighted by Crippen LogP contribution is -2.45. The van der Waals surface area contributed by atoms with E-state index in [1.54, 1.807) is 19.2 Å². The zero-order chi connectivity index (χ0) is 16.2. The van der Waals surface area contributed by atoms with Crippen molar-refractivity contribution in [2.45, 2.75) is 20.0 Å². The van der Waals surface area contributed by atoms with E-state index in [0.29, 0.717) is 6.07 Å². The first kappa shape index (κ1) is 16.5. The van der Waals surface area contributed by atoms with Crippen molar-refractivity contribution in [2.75, 3.05) is 0 Å². The van der Waals surface area contributed by atoms with E-state index in [-0.39, 0.29) is 5.56 Å². The average molecular weight is 300 g/mol. The van der Waals surface area contributed by atoms with Gasteiger partial charge in [-0.3, -0.25) is 10.1 Å². The standard InChI is InChI=1S/C13H14F2N2O4/c1-6(2)10(11(18)17-13(16)20)21-12(19)7-3-8(14)5-9(15)4-7/h3-6,10H,1-2H3,(H3,16,17,18,20)/t10-/m0/s1. The molecule has 0 saturated heterocycles. The maximum Gasteiger partial charge on any atom is 0.339 e. The Morgan fingerprint density at radius 2 is 1.67 bits per heavy atom. The number of imide groups is 1. The summed E-state index contributed by atoms with van der Waals surface area (Å²) in [5.74, 6) is -4.39. The molecule has 1 aromatic carbocycles. The number of amides is 3. The summed E-state index contributed by atoms with van der Waals surface area (Å²) in [4.78, 5) is 34.1. The van der Waals surface area contributed by atoms with Crippen molar-refractivity contribution in [2.24, 2.45) is 11.7 Å². The van der Waals surface area contributed by atoms with Crippen LogP contribution < -0.4 is 11.1 Å². The minimum Gasteiger partial charge on any atom is -0.448 e. The van der Waals surface area contributed by atoms with Crippen LogP contribution in [0.3, 0.4) is 0 Å². The minimum absolute atomic E-state index is 0.384. The normalized spacial score (nSPS) is 11.9. The summed E-state index contributed by atoms with van der Waals surface area (Å²) in [6.45, 7) is 3.12. The molecule has 21 heavy (non-hydrogen) atoms. The Morgan fingerprint density at radius 3 is 2.10 bits per heavy atom. The van der Waals surface area contributed by atoms with Crippen LogP contribution in [0.15, 0.2) is 18.2 Å². The van der Waals surface area contributed by atoms with E-state index in [2.05, 4.69) is 0 Å². The van der Waals surface area contributed by atoms with Crippen molar-refractivity contribution < 1.29 is 27.9 Å². The number of halogens is 2. The quantitative estimate of drug-likeness (QED) is 0.820. The van der Waals surface area contributed by atoms with Gasteiger partial charge in [0.1, 0.15) is 11.6 Å². The van der Waals surface area contributed by atoms with E-state index in [0.717, 1.165) is 12.1 Å². The predicted molar refractivity (Wildman–Crippen MR) is 68.1 cm³/mol. The first-order valence-corrected chi connectivity index (χ1v) is 5.98. The van der Waals surface area contributed by atoms with Crippen molar-refractivity contribution in [3.8, 4) is 0 Å². The second-order valence-corrected chi connectivity index (χ2v) is 4.58. The molecule has 3 amide bonds. The molecule has 1 atom stereocenters. The van der Waals surface area contributed by atoms with E-state index < -0.39 is 41.6 Å². The number of benzene rings is 1. The highest BCUT2D eigenvalue weighted by atomic mass is 19.1. The van der Waals surface area contributed by atoms with Crippen LogP contribution in [0.1, 0.15) is 24.2 Å². The van der Waals surface area contributed by atoms with Crippen LogP contribution in [0.2, 0.25) is 0 Å². The van der Waals surface area contributed by atoms with Gasteiger partial charge in [-0.1, -0.05) is 13.8 Å². The molecule has 0 saturated carbocycles. The summed E-state index contributed by atoms with van der Waals surface area (Å²) in [5.41, 5.74) is 4.42. The topological polar surface area (TPSA) is 98.5 Å². The highest BCUT2D eigenvalue weighted by Gasteiger charge is 2.28. The molecule has 0 fully saturated rings. The van der Waals surface area contributed by atoms with Gasteiger partial charge in [0.2, 0.25) is 0 Å². The first-order valence-electron chi connectivity index (χ1n) is 5.98. The number of ether oxygens (including phenoxy) is 1. The fourth-order valence-corrected chi connectivity index (χ4v) is 1.54. The van der Waals surface area contributed by atoms with Crippen LogP contribution in [0, 0.1) is 17.6 Å². The zero-order valence-electron chi connectivity index (χ0n) is 11.4. The van der Waals surface area contributed by atoms with Crippen LogP contribution in [0.4, 0.5) is 13.6 Å². The van der Waals surface area contributed by atoms with Crippen LogP contribution in [0.25, 0.3) is 0 Å². The maximum absolute atomic E-state index is 13.0. The molecule has 0 unspecified atom stereocenters. The third kappa shape index (κ3) is 4.83. The Hall–Kier alpha value is -2.51. The minimum atomic E-state index is -1.32. The molecule has 0 aliphatic carbocycles. The zero-order valence-corrected chi connectivity index (χ0v) is 11.4. The molecular formula is C13H14F2N2O4. The highest BCUT2D eigenvalue weighted by molar-refractivity contribution is 5.98. The molecule has 0 bridgehead atoms. The Balaban J connectivity index is 2.90. The van der Waals surface area contributed by atoms with Gasteiger partial charge in [0, 0.05) is 6.07 Å². The van der Waals surface area contributed by atoms with Crippen LogP contribution >= 0.6 is 0 Å². The van der Waals surface area contributed by atoms with E-state index >= 15 is 0 Å². The van der Waals surface area contributed by atoms with Gasteiger partial charge in [-0.2, -0.15) is 0 Å². The number of carbonyl (C=O) groups is 3. The van der Waals surface area contributed by atoms with Crippen molar-refractivity contribution in [3.63, 3.8) is 0 Å². The lowest BCUT2D eigenvalue weighted by atomic mass is 10.1. The number of primary amides is 1. The van der Waals surface area contributed by atoms with Crippen molar-refractivity contribution in [1.82, 2.24) is 5.32 Å². The third-order valence-electron chi connectivity index (χ3n) is 2.44. The first-order chi connectivity index (χ1) is 9.70. The molecule has 0 aliphatic rings. The number of hydrogen-bond donors (Lipinski definition) is 2. The van der Waals surface area contributed by atoms with Crippen LogP contribution in [-0.2, 0) is 9.53 Å². The van der Waals surface area contributed by atoms with Gasteiger partial charge in [-0.05, 0) is 18.1 Å². The van der Waals surface area contributed by atoms with E-state index in [4.69, 9.17) is 10.5 Å². The number of nitrogens with one attached hydrogen (secondary N) is 1. The largest absolute Gasteiger partial charge is 0.448 e. The number of hydrogen-bond acceptors (Lipinski definition) is 4. The summed E-state index contributed by atoms with van der Waals surface area (Å²) in [5, 5.41) is 1.78. The molecule has 1 aromatic rings. The second kappa shape index (κ2) is 6.78. The molecule has 0 heterocycles. The van der Waals surface area contributed by atoms with Gasteiger partial charge in [-0.25, -0.2) is 18.4 Å². The van der Waals surface area contributed by atoms with Gasteiger partial charge >= 0.3 is 12.0 Å². The molecule has 1 rings (SSSR count). The summed E-state index contributed by atoms with van der Waals surface area (Å²) in [6, 6.07) is 1.04. The Labute approximate surface area is 119 Å². The average Bonchev–Trinajstić information content (AvgIpc) is 2.32. The monoisotopic (exact) mass is 300 g/mol. The lowest BCUT2D eigenvalue weighted by molar-refractivity contribution is -0.130. The molecule has 0 aromatic heterocycles. The molecule has 8 heteroatoms. The summed E-state index contributed by atoms with van der Waals surface area (Å²) >= 11 is 0. The summed E-state index contributed by atoms with van der Waals surface area (Å²) < 4.78 is 30.9. The van der Waals surface area contributed by atoms with E-state index in [9.17, 15) is 23.2 Å². The lowest BCUT2D eigenvalue weighted by Gasteiger charge is -2.19. The molecule has 0 spiro atoms. The summed E-state index contributed by atoms with van der Waals surface area (Å²) in [7, 11) is 0. The van der Waals surface area contributed by atoms with Crippen molar-refractivity contribution in [1.29, 1.82) is 0 Å². The van der Waals surface area contributed by atoms with Crippen molar-refractivity contribution in [3.05, 3.63) is 35.4 Å². The van der Waals surface area contributed by atoms with Crippen molar-refractivity contribution >= 4 is 17.9 Å². The number of esters is 1. The highest BCUT2D eigenvalue weighted by Crippen LogP contribution is 2.13. The van der Waals surface area contributed by atoms with Crippen LogP contribution in [0.5, 0.6) is 0 Å². The number of carbonyl (C=O) groups excluding carboxylic acids is 3. The fraction of sp³-hybridized carbons (Fsp3) is 0.308. The Morgan fingerprint density at radius 1 is 1.14 bits per heavy atom. The Bertz CT molecular complexity index is 555. The number of nitrogens with two attached hydrogens (primary N) is 1. The van der Waals surface area contributed by atoms with E-state index in [1.807, 2.05) is 0 Å². The van der Waals surface area contributed by atoms with Gasteiger partial charge in [0.05, 0.1) is 5.56 Å². The molecule has 114 valence electrons. The molecular weight excluding hydrogens is 286 g/mol. The van der Waals surface area contributed by atoms with Gasteiger partial charge in [0.25, 0.3) is 5.91 Å². The molecule has 0 aliphatic heterocycles. The van der Waals surface area contributed by atoms with Gasteiger partial charge < -0.3 is 10.5 Å². The number of urea groups is 1. The predicted octanol–water partition coefficient (Wildman–Crippen LogP) is 1.34. The van der Waals surface area contributed by atoms with E-state index in [1.165, 1.54) is 0 Å². The smallest absolute Gasteiger partial charge is 0.339 e. The maximum atomic E-state index is 13.0. The molecule has 6 nitrogen and oxygen atoms in total. The third-order valence-corrected chi connectivity index (χ3v) is 2.44. The SMILES string of the molecule is CC(C)[C@H](OC(=O)c1cc(F)cc(F)c1)C(=O)NC(N)=O. The summed E-state index contributed by atoms with van der Waals surface area (Å²) in [6.07, 6.45) is -1.32. The fourth-order valence-electron chi connectivity index (χ4n) is 1.54.